The predicted molar refractivity (Wildman–Crippen MR) is 68.5 cm³/mol. The van der Waals surface area contributed by atoms with E-state index in [-0.39, 0.29) is 11.6 Å². The zero-order chi connectivity index (χ0) is 13.0. The lowest BCUT2D eigenvalue weighted by molar-refractivity contribution is -0.384. The predicted octanol–water partition coefficient (Wildman–Crippen LogP) is 2.89. The van der Waals surface area contributed by atoms with Crippen molar-refractivity contribution in [2.75, 3.05) is 11.4 Å². The van der Waals surface area contributed by atoms with E-state index in [1.54, 1.807) is 17.0 Å². The first-order chi connectivity index (χ1) is 8.68. The average molecular weight is 248 g/mol. The molecule has 1 aliphatic heterocycles. The Morgan fingerprint density at radius 2 is 1.72 bits per heavy atom. The monoisotopic (exact) mass is 248 g/mol. The summed E-state index contributed by atoms with van der Waals surface area (Å²) in [5.74, 6) is 0.114. The van der Waals surface area contributed by atoms with Crippen molar-refractivity contribution in [3.8, 4) is 0 Å². The van der Waals surface area contributed by atoms with Gasteiger partial charge in [-0.1, -0.05) is 12.8 Å². The fourth-order valence-corrected chi connectivity index (χ4v) is 2.19. The molecule has 1 amide bonds. The molecule has 2 rings (SSSR count). The van der Waals surface area contributed by atoms with Gasteiger partial charge in [-0.15, -0.1) is 0 Å². The van der Waals surface area contributed by atoms with Crippen LogP contribution in [-0.2, 0) is 4.79 Å². The van der Waals surface area contributed by atoms with Crippen LogP contribution in [0.2, 0.25) is 0 Å². The summed E-state index contributed by atoms with van der Waals surface area (Å²) in [6.07, 6.45) is 4.73. The minimum absolute atomic E-state index is 0.0539. The maximum Gasteiger partial charge on any atom is 0.269 e. The molecule has 0 spiro atoms. The Morgan fingerprint density at radius 3 is 2.39 bits per heavy atom. The third-order valence-electron chi connectivity index (χ3n) is 3.20. The number of carbonyl (C=O) groups is 1. The second kappa shape index (κ2) is 5.62. The molecule has 1 aliphatic rings. The van der Waals surface area contributed by atoms with Gasteiger partial charge in [0.1, 0.15) is 0 Å². The van der Waals surface area contributed by atoms with Gasteiger partial charge >= 0.3 is 0 Å². The Balaban J connectivity index is 2.17. The van der Waals surface area contributed by atoms with Crippen LogP contribution < -0.4 is 4.90 Å². The molecule has 1 aromatic rings. The van der Waals surface area contributed by atoms with Gasteiger partial charge in [0.15, 0.2) is 0 Å². The van der Waals surface area contributed by atoms with Crippen molar-refractivity contribution in [2.45, 2.75) is 32.1 Å². The first-order valence-electron chi connectivity index (χ1n) is 6.23. The fourth-order valence-electron chi connectivity index (χ4n) is 2.19. The number of rotatable bonds is 2. The number of non-ortho nitro benzene ring substituents is 1. The molecular weight excluding hydrogens is 232 g/mol. The summed E-state index contributed by atoms with van der Waals surface area (Å²) in [5, 5.41) is 10.6. The van der Waals surface area contributed by atoms with Crippen molar-refractivity contribution >= 4 is 17.3 Å². The van der Waals surface area contributed by atoms with Crippen molar-refractivity contribution in [3.63, 3.8) is 0 Å². The highest BCUT2D eigenvalue weighted by Crippen LogP contribution is 2.22. The van der Waals surface area contributed by atoms with Gasteiger partial charge in [-0.25, -0.2) is 0 Å². The summed E-state index contributed by atoms with van der Waals surface area (Å²) in [4.78, 5) is 23.9. The highest BCUT2D eigenvalue weighted by molar-refractivity contribution is 5.93. The summed E-state index contributed by atoms with van der Waals surface area (Å²) < 4.78 is 0. The van der Waals surface area contributed by atoms with Gasteiger partial charge in [0.25, 0.3) is 5.69 Å². The molecule has 0 saturated carbocycles. The van der Waals surface area contributed by atoms with Crippen LogP contribution in [0, 0.1) is 10.1 Å². The number of carbonyl (C=O) groups excluding carboxylic acids is 1. The van der Waals surface area contributed by atoms with E-state index in [0.29, 0.717) is 13.0 Å². The molecule has 0 bridgehead atoms. The van der Waals surface area contributed by atoms with E-state index in [9.17, 15) is 14.9 Å². The molecule has 0 atom stereocenters. The lowest BCUT2D eigenvalue weighted by Gasteiger charge is -2.24. The number of hydrogen-bond donors (Lipinski definition) is 0. The van der Waals surface area contributed by atoms with E-state index < -0.39 is 4.92 Å². The molecule has 96 valence electrons. The summed E-state index contributed by atoms with van der Waals surface area (Å²) in [7, 11) is 0. The van der Waals surface area contributed by atoms with Crippen molar-refractivity contribution in [1.29, 1.82) is 0 Å². The van der Waals surface area contributed by atoms with Crippen molar-refractivity contribution < 1.29 is 9.72 Å². The van der Waals surface area contributed by atoms with Gasteiger partial charge in [-0.2, -0.15) is 0 Å². The zero-order valence-corrected chi connectivity index (χ0v) is 10.2. The second-order valence-corrected chi connectivity index (χ2v) is 4.48. The summed E-state index contributed by atoms with van der Waals surface area (Å²) >= 11 is 0. The summed E-state index contributed by atoms with van der Waals surface area (Å²) in [5.41, 5.74) is 0.811. The van der Waals surface area contributed by atoms with Crippen LogP contribution in [0.15, 0.2) is 24.3 Å². The van der Waals surface area contributed by atoms with Crippen molar-refractivity contribution in [3.05, 3.63) is 34.4 Å². The fraction of sp³-hybridized carbons (Fsp3) is 0.462. The number of hydrogen-bond acceptors (Lipinski definition) is 3. The van der Waals surface area contributed by atoms with Crippen molar-refractivity contribution in [1.82, 2.24) is 0 Å². The molecule has 0 N–H and O–H groups in total. The average Bonchev–Trinajstić information content (AvgIpc) is 2.35. The normalized spacial score (nSPS) is 17.1. The Hall–Kier alpha value is -1.91. The van der Waals surface area contributed by atoms with Gasteiger partial charge < -0.3 is 4.90 Å². The highest BCUT2D eigenvalue weighted by atomic mass is 16.6. The van der Waals surface area contributed by atoms with Crippen LogP contribution >= 0.6 is 0 Å². The Labute approximate surface area is 106 Å². The van der Waals surface area contributed by atoms with Gasteiger partial charge in [0.2, 0.25) is 5.91 Å². The number of anilines is 1. The van der Waals surface area contributed by atoms with Gasteiger partial charge in [0.05, 0.1) is 4.92 Å². The largest absolute Gasteiger partial charge is 0.312 e. The minimum atomic E-state index is -0.431. The molecule has 0 unspecified atom stereocenters. The maximum atomic E-state index is 12.0. The third-order valence-corrected chi connectivity index (χ3v) is 3.20. The van der Waals surface area contributed by atoms with Crippen LogP contribution in [0.1, 0.15) is 32.1 Å². The molecular formula is C13H16N2O3. The number of nitro groups is 1. The quantitative estimate of drug-likeness (QED) is 0.597. The van der Waals surface area contributed by atoms with E-state index in [1.165, 1.54) is 12.1 Å². The molecule has 0 radical (unpaired) electrons. The number of benzene rings is 1. The molecule has 1 saturated heterocycles. The standard InChI is InChI=1S/C13H16N2O3/c16-13-5-3-1-2-4-10-14(13)11-6-8-12(9-7-11)15(17)18/h6-9H,1-5,10H2. The van der Waals surface area contributed by atoms with E-state index in [0.717, 1.165) is 31.4 Å². The van der Waals surface area contributed by atoms with Gasteiger partial charge in [-0.05, 0) is 25.0 Å². The van der Waals surface area contributed by atoms with Crippen molar-refractivity contribution in [2.24, 2.45) is 0 Å². The topological polar surface area (TPSA) is 63.5 Å². The Morgan fingerprint density at radius 1 is 1.06 bits per heavy atom. The first kappa shape index (κ1) is 12.5. The SMILES string of the molecule is O=C1CCCCCCN1c1ccc([N+](=O)[O-])cc1. The van der Waals surface area contributed by atoms with Crippen LogP contribution in [0.4, 0.5) is 11.4 Å². The number of nitro benzene ring substituents is 1. The number of amides is 1. The Kier molecular flexibility index (Phi) is 3.92. The summed E-state index contributed by atoms with van der Waals surface area (Å²) in [6.45, 7) is 0.705. The zero-order valence-electron chi connectivity index (χ0n) is 10.2. The van der Waals surface area contributed by atoms with Gasteiger partial charge in [0, 0.05) is 30.8 Å². The maximum absolute atomic E-state index is 12.0. The van der Waals surface area contributed by atoms with Crippen LogP contribution in [0.3, 0.4) is 0 Å². The molecule has 0 aromatic heterocycles. The van der Waals surface area contributed by atoms with Gasteiger partial charge in [-0.3, -0.25) is 14.9 Å². The lowest BCUT2D eigenvalue weighted by atomic mass is 10.1. The molecule has 5 heteroatoms. The molecule has 1 heterocycles. The molecule has 1 fully saturated rings. The van der Waals surface area contributed by atoms with Crippen LogP contribution in [0.25, 0.3) is 0 Å². The third kappa shape index (κ3) is 2.85. The molecule has 0 aliphatic carbocycles. The van der Waals surface area contributed by atoms with E-state index in [4.69, 9.17) is 0 Å². The van der Waals surface area contributed by atoms with Crippen LogP contribution in [0.5, 0.6) is 0 Å². The van der Waals surface area contributed by atoms with E-state index >= 15 is 0 Å². The highest BCUT2D eigenvalue weighted by Gasteiger charge is 2.17. The molecule has 18 heavy (non-hydrogen) atoms. The Bertz CT molecular complexity index is 442. The molecule has 1 aromatic carbocycles. The number of nitrogens with zero attached hydrogens (tertiary/aromatic N) is 2. The van der Waals surface area contributed by atoms with Crippen LogP contribution in [-0.4, -0.2) is 17.4 Å². The second-order valence-electron chi connectivity index (χ2n) is 4.48. The summed E-state index contributed by atoms with van der Waals surface area (Å²) in [6, 6.07) is 6.19. The molecule has 5 nitrogen and oxygen atoms in total. The van der Waals surface area contributed by atoms with E-state index in [1.807, 2.05) is 0 Å². The smallest absolute Gasteiger partial charge is 0.269 e. The minimum Gasteiger partial charge on any atom is -0.312 e. The first-order valence-corrected chi connectivity index (χ1v) is 6.23. The lowest BCUT2D eigenvalue weighted by Crippen LogP contribution is -2.32. The van der Waals surface area contributed by atoms with E-state index in [2.05, 4.69) is 0 Å².